The van der Waals surface area contributed by atoms with Crippen molar-refractivity contribution in [1.29, 1.82) is 0 Å². The zero-order chi connectivity index (χ0) is 16.0. The number of carbonyl (C=O) groups excluding carboxylic acids is 1. The van der Waals surface area contributed by atoms with Crippen LogP contribution >= 0.6 is 0 Å². The van der Waals surface area contributed by atoms with Crippen molar-refractivity contribution in [3.05, 3.63) is 29.7 Å². The van der Waals surface area contributed by atoms with Crippen molar-refractivity contribution in [3.8, 4) is 0 Å². The van der Waals surface area contributed by atoms with Crippen LogP contribution in [0.3, 0.4) is 0 Å². The molecule has 1 N–H and O–H groups in total. The highest BCUT2D eigenvalue weighted by atomic mass is 16.5. The van der Waals surface area contributed by atoms with Crippen molar-refractivity contribution >= 4 is 11.6 Å². The van der Waals surface area contributed by atoms with Crippen molar-refractivity contribution in [2.45, 2.75) is 25.5 Å². The Morgan fingerprint density at radius 2 is 2.43 bits per heavy atom. The normalized spacial score (nSPS) is 29.3. The van der Waals surface area contributed by atoms with Gasteiger partial charge in [0.1, 0.15) is 0 Å². The number of hydrogen-bond donors (Lipinski definition) is 1. The van der Waals surface area contributed by atoms with Crippen LogP contribution in [0.25, 0.3) is 5.65 Å². The smallest absolute Gasteiger partial charge is 0.254 e. The molecule has 2 aliphatic rings. The molecule has 1 saturated carbocycles. The average Bonchev–Trinajstić information content (AvgIpc) is 3.18. The maximum Gasteiger partial charge on any atom is 0.254 e. The SMILES string of the molecule is COC[C@@H]1[C@H](NC(=O)c2cnc3ccnn3c2C)[C@@H]2CCO[C@H]12. The van der Waals surface area contributed by atoms with Crippen molar-refractivity contribution in [2.24, 2.45) is 11.8 Å². The van der Waals surface area contributed by atoms with Gasteiger partial charge in [-0.2, -0.15) is 5.10 Å². The Morgan fingerprint density at radius 3 is 3.26 bits per heavy atom. The second-order valence-electron chi connectivity index (χ2n) is 6.26. The van der Waals surface area contributed by atoms with E-state index in [1.54, 1.807) is 24.0 Å². The summed E-state index contributed by atoms with van der Waals surface area (Å²) in [5.74, 6) is 0.503. The van der Waals surface area contributed by atoms with Crippen LogP contribution < -0.4 is 5.32 Å². The summed E-state index contributed by atoms with van der Waals surface area (Å²) >= 11 is 0. The molecule has 1 aliphatic carbocycles. The number of carbonyl (C=O) groups is 1. The molecule has 2 aromatic heterocycles. The van der Waals surface area contributed by atoms with Gasteiger partial charge in [0.15, 0.2) is 5.65 Å². The summed E-state index contributed by atoms with van der Waals surface area (Å²) < 4.78 is 12.7. The molecule has 0 radical (unpaired) electrons. The second kappa shape index (κ2) is 5.58. The first-order valence-corrected chi connectivity index (χ1v) is 7.91. The minimum Gasteiger partial charge on any atom is -0.384 e. The molecule has 0 spiro atoms. The van der Waals surface area contributed by atoms with Crippen LogP contribution in [0.1, 0.15) is 22.5 Å². The zero-order valence-electron chi connectivity index (χ0n) is 13.2. The van der Waals surface area contributed by atoms with Gasteiger partial charge in [0.25, 0.3) is 5.91 Å². The third kappa shape index (κ3) is 2.22. The molecular formula is C16H20N4O3. The lowest BCUT2D eigenvalue weighted by atomic mass is 9.67. The summed E-state index contributed by atoms with van der Waals surface area (Å²) in [4.78, 5) is 17.0. The number of aromatic nitrogens is 3. The van der Waals surface area contributed by atoms with Crippen molar-refractivity contribution in [3.63, 3.8) is 0 Å². The number of rotatable bonds is 4. The van der Waals surface area contributed by atoms with Crippen LogP contribution in [0.15, 0.2) is 18.5 Å². The average molecular weight is 316 g/mol. The van der Waals surface area contributed by atoms with Crippen molar-refractivity contribution in [1.82, 2.24) is 19.9 Å². The van der Waals surface area contributed by atoms with Gasteiger partial charge in [-0.3, -0.25) is 4.79 Å². The molecule has 2 fully saturated rings. The molecule has 4 atom stereocenters. The number of aryl methyl sites for hydroxylation is 1. The van der Waals surface area contributed by atoms with Crippen LogP contribution in [0.4, 0.5) is 0 Å². The summed E-state index contributed by atoms with van der Waals surface area (Å²) in [5.41, 5.74) is 2.09. The van der Waals surface area contributed by atoms with Gasteiger partial charge in [0, 0.05) is 43.9 Å². The quantitative estimate of drug-likeness (QED) is 0.903. The highest BCUT2D eigenvalue weighted by molar-refractivity contribution is 5.95. The summed E-state index contributed by atoms with van der Waals surface area (Å²) in [6.45, 7) is 3.24. The van der Waals surface area contributed by atoms with Crippen LogP contribution in [0.2, 0.25) is 0 Å². The molecule has 1 amide bonds. The largest absolute Gasteiger partial charge is 0.384 e. The van der Waals surface area contributed by atoms with E-state index in [2.05, 4.69) is 15.4 Å². The first kappa shape index (κ1) is 14.6. The molecule has 0 aromatic carbocycles. The summed E-state index contributed by atoms with van der Waals surface area (Å²) in [6, 6.07) is 1.91. The van der Waals surface area contributed by atoms with Gasteiger partial charge in [-0.15, -0.1) is 0 Å². The fraction of sp³-hybridized carbons (Fsp3) is 0.562. The molecule has 7 heteroatoms. The number of methoxy groups -OCH3 is 1. The number of amides is 1. The van der Waals surface area contributed by atoms with E-state index in [0.29, 0.717) is 18.1 Å². The Balaban J connectivity index is 1.55. The van der Waals surface area contributed by atoms with Gasteiger partial charge in [-0.05, 0) is 13.3 Å². The van der Waals surface area contributed by atoms with Crippen LogP contribution in [0, 0.1) is 18.8 Å². The van der Waals surface area contributed by atoms with Gasteiger partial charge < -0.3 is 14.8 Å². The molecule has 122 valence electrons. The number of nitrogens with one attached hydrogen (secondary N) is 1. The Kier molecular flexibility index (Phi) is 3.54. The molecule has 0 unspecified atom stereocenters. The first-order chi connectivity index (χ1) is 11.2. The highest BCUT2D eigenvalue weighted by Gasteiger charge is 2.54. The number of hydrogen-bond acceptors (Lipinski definition) is 5. The molecule has 1 aliphatic heterocycles. The number of fused-ring (bicyclic) bond motifs is 2. The maximum atomic E-state index is 12.7. The molecule has 7 nitrogen and oxygen atoms in total. The summed E-state index contributed by atoms with van der Waals surface area (Å²) in [7, 11) is 1.68. The lowest BCUT2D eigenvalue weighted by Gasteiger charge is -2.47. The summed E-state index contributed by atoms with van der Waals surface area (Å²) in [5, 5.41) is 7.36. The van der Waals surface area contributed by atoms with Crippen molar-refractivity contribution < 1.29 is 14.3 Å². The van der Waals surface area contributed by atoms with Gasteiger partial charge in [-0.1, -0.05) is 0 Å². The molecular weight excluding hydrogens is 296 g/mol. The molecule has 0 bridgehead atoms. The fourth-order valence-corrected chi connectivity index (χ4v) is 3.88. The first-order valence-electron chi connectivity index (χ1n) is 7.91. The van der Waals surface area contributed by atoms with Gasteiger partial charge in [0.2, 0.25) is 0 Å². The monoisotopic (exact) mass is 316 g/mol. The lowest BCUT2D eigenvalue weighted by molar-refractivity contribution is -0.0809. The molecule has 4 rings (SSSR count). The van der Waals surface area contributed by atoms with E-state index < -0.39 is 0 Å². The van der Waals surface area contributed by atoms with E-state index in [1.165, 1.54) is 0 Å². The van der Waals surface area contributed by atoms with Crippen molar-refractivity contribution in [2.75, 3.05) is 20.3 Å². The fourth-order valence-electron chi connectivity index (χ4n) is 3.88. The third-order valence-electron chi connectivity index (χ3n) is 5.09. The van der Waals surface area contributed by atoms with E-state index in [4.69, 9.17) is 9.47 Å². The van der Waals surface area contributed by atoms with E-state index >= 15 is 0 Å². The predicted molar refractivity (Wildman–Crippen MR) is 82.2 cm³/mol. The third-order valence-corrected chi connectivity index (χ3v) is 5.09. The van der Waals surface area contributed by atoms with Gasteiger partial charge in [-0.25, -0.2) is 9.50 Å². The zero-order valence-corrected chi connectivity index (χ0v) is 13.2. The predicted octanol–water partition coefficient (Wildman–Crippen LogP) is 0.817. The van der Waals surface area contributed by atoms with Crippen LogP contribution in [-0.2, 0) is 9.47 Å². The van der Waals surface area contributed by atoms with Crippen LogP contribution in [-0.4, -0.2) is 53.0 Å². The van der Waals surface area contributed by atoms with E-state index in [0.717, 1.165) is 24.4 Å². The molecule has 3 heterocycles. The number of ether oxygens (including phenoxy) is 2. The summed E-state index contributed by atoms with van der Waals surface area (Å²) in [6.07, 6.45) is 4.51. The minimum absolute atomic E-state index is 0.0997. The Labute approximate surface area is 134 Å². The topological polar surface area (TPSA) is 77.8 Å². The van der Waals surface area contributed by atoms with Crippen LogP contribution in [0.5, 0.6) is 0 Å². The Hall–Kier alpha value is -1.99. The second-order valence-corrected chi connectivity index (χ2v) is 6.26. The van der Waals surface area contributed by atoms with E-state index in [1.807, 2.05) is 13.0 Å². The maximum absolute atomic E-state index is 12.7. The molecule has 2 aromatic rings. The number of nitrogens with zero attached hydrogens (tertiary/aromatic N) is 3. The standard InChI is InChI=1S/C16H20N4O3/c1-9-11(7-17-13-3-5-18-20(9)13)16(21)19-14-10-4-6-23-15(10)12(14)8-22-2/h3,5,7,10,12,14-15H,4,6,8H2,1-2H3,(H,19,21)/t10-,12+,14+,15-/m0/s1. The van der Waals surface area contributed by atoms with E-state index in [-0.39, 0.29) is 24.0 Å². The Morgan fingerprint density at radius 1 is 1.57 bits per heavy atom. The minimum atomic E-state index is -0.108. The molecule has 1 saturated heterocycles. The van der Waals surface area contributed by atoms with Gasteiger partial charge >= 0.3 is 0 Å². The molecule has 23 heavy (non-hydrogen) atoms. The highest BCUT2D eigenvalue weighted by Crippen LogP contribution is 2.43. The Bertz CT molecular complexity index is 744. The van der Waals surface area contributed by atoms with Gasteiger partial charge in [0.05, 0.1) is 30.2 Å². The lowest BCUT2D eigenvalue weighted by Crippen LogP contribution is -2.62. The van der Waals surface area contributed by atoms with E-state index in [9.17, 15) is 4.79 Å².